The van der Waals surface area contributed by atoms with Gasteiger partial charge in [-0.05, 0) is 62.3 Å². The van der Waals surface area contributed by atoms with Gasteiger partial charge in [-0.25, -0.2) is 0 Å². The molecule has 29 heavy (non-hydrogen) atoms. The topological polar surface area (TPSA) is 23.5 Å². The maximum absolute atomic E-state index is 12.9. The average Bonchev–Trinajstić information content (AvgIpc) is 2.64. The van der Waals surface area contributed by atoms with Gasteiger partial charge in [0.05, 0.1) is 11.2 Å². The molecule has 1 aliphatic carbocycles. The molecule has 0 heterocycles. The van der Waals surface area contributed by atoms with Crippen molar-refractivity contribution in [2.75, 3.05) is 14.1 Å². The van der Waals surface area contributed by atoms with Gasteiger partial charge in [0.25, 0.3) is 0 Å². The van der Waals surface area contributed by atoms with Gasteiger partial charge < -0.3 is 10.0 Å². The molecule has 1 N–H and O–H groups in total. The van der Waals surface area contributed by atoms with Crippen LogP contribution in [0.3, 0.4) is 0 Å². The predicted octanol–water partition coefficient (Wildman–Crippen LogP) is 6.13. The minimum absolute atomic E-state index is 0.00739. The zero-order valence-corrected chi connectivity index (χ0v) is 17.5. The summed E-state index contributed by atoms with van der Waals surface area (Å²) >= 11 is 6.05. The van der Waals surface area contributed by atoms with Gasteiger partial charge in [-0.3, -0.25) is 0 Å². The van der Waals surface area contributed by atoms with Crippen LogP contribution >= 0.6 is 11.6 Å². The van der Waals surface area contributed by atoms with Gasteiger partial charge in [0.1, 0.15) is 0 Å². The Bertz CT molecular complexity index is 804. The van der Waals surface area contributed by atoms with Crippen LogP contribution in [-0.4, -0.2) is 29.7 Å². The third kappa shape index (κ3) is 5.14. The van der Waals surface area contributed by atoms with Crippen LogP contribution in [0, 0.1) is 5.92 Å². The van der Waals surface area contributed by atoms with Crippen LogP contribution in [-0.2, 0) is 12.6 Å². The summed E-state index contributed by atoms with van der Waals surface area (Å²) in [7, 11) is 3.98. The number of nitrogens with zero attached hydrogens (tertiary/aromatic N) is 1. The predicted molar refractivity (Wildman–Crippen MR) is 110 cm³/mol. The zero-order valence-electron chi connectivity index (χ0n) is 16.7. The highest BCUT2D eigenvalue weighted by Crippen LogP contribution is 2.45. The van der Waals surface area contributed by atoms with E-state index in [0.29, 0.717) is 17.9 Å². The molecule has 1 aliphatic rings. The molecule has 158 valence electrons. The largest absolute Gasteiger partial charge is 0.416 e. The van der Waals surface area contributed by atoms with E-state index >= 15 is 0 Å². The Labute approximate surface area is 175 Å². The van der Waals surface area contributed by atoms with Crippen LogP contribution in [0.25, 0.3) is 0 Å². The number of alkyl halides is 3. The van der Waals surface area contributed by atoms with Crippen LogP contribution in [0.15, 0.2) is 48.5 Å². The van der Waals surface area contributed by atoms with Crippen LogP contribution in [0.5, 0.6) is 0 Å². The van der Waals surface area contributed by atoms with E-state index in [1.54, 1.807) is 0 Å². The van der Waals surface area contributed by atoms with Crippen LogP contribution in [0.4, 0.5) is 13.2 Å². The molecule has 0 bridgehead atoms. The molecular weight excluding hydrogens is 399 g/mol. The molecule has 2 aromatic rings. The van der Waals surface area contributed by atoms with E-state index in [0.717, 1.165) is 42.5 Å². The highest BCUT2D eigenvalue weighted by molar-refractivity contribution is 6.30. The van der Waals surface area contributed by atoms with Crippen molar-refractivity contribution >= 4 is 11.6 Å². The van der Waals surface area contributed by atoms with Gasteiger partial charge in [0.2, 0.25) is 0 Å². The van der Waals surface area contributed by atoms with E-state index < -0.39 is 17.3 Å². The first-order valence-corrected chi connectivity index (χ1v) is 10.3. The molecule has 0 saturated heterocycles. The number of halogens is 4. The summed E-state index contributed by atoms with van der Waals surface area (Å²) in [5.41, 5.74) is 0.158. The summed E-state index contributed by atoms with van der Waals surface area (Å²) in [6, 6.07) is 12.8. The number of rotatable bonds is 5. The van der Waals surface area contributed by atoms with Crippen molar-refractivity contribution in [3.63, 3.8) is 0 Å². The van der Waals surface area contributed by atoms with Crippen LogP contribution < -0.4 is 0 Å². The van der Waals surface area contributed by atoms with Crippen LogP contribution in [0.2, 0.25) is 5.02 Å². The van der Waals surface area contributed by atoms with Gasteiger partial charge in [0, 0.05) is 23.4 Å². The van der Waals surface area contributed by atoms with Gasteiger partial charge in [-0.2, -0.15) is 13.2 Å². The van der Waals surface area contributed by atoms with Crippen molar-refractivity contribution in [2.24, 2.45) is 5.92 Å². The fourth-order valence-electron chi connectivity index (χ4n) is 4.64. The third-order valence-electron chi connectivity index (χ3n) is 6.01. The SMILES string of the molecule is CN(C)C(c1ccc(Cl)cc1)C1CCCCC1(O)Cc1ccc(C(F)(F)F)cc1. The second kappa shape index (κ2) is 8.66. The fourth-order valence-corrected chi connectivity index (χ4v) is 4.76. The van der Waals surface area contributed by atoms with Crippen molar-refractivity contribution in [3.05, 3.63) is 70.2 Å². The lowest BCUT2D eigenvalue weighted by atomic mass is 9.67. The standard InChI is InChI=1S/C23H27ClF3NO/c1-28(2)21(17-8-12-19(24)13-9-17)20-5-3-4-14-22(20,29)15-16-6-10-18(11-7-16)23(25,26)27/h6-13,20-21,29H,3-5,14-15H2,1-2H3. The maximum atomic E-state index is 12.9. The van der Waals surface area contributed by atoms with Crippen LogP contribution in [0.1, 0.15) is 48.4 Å². The summed E-state index contributed by atoms with van der Waals surface area (Å²) in [5.74, 6) is -0.0327. The van der Waals surface area contributed by atoms with Crippen molar-refractivity contribution in [3.8, 4) is 0 Å². The van der Waals surface area contributed by atoms with E-state index in [9.17, 15) is 18.3 Å². The molecule has 6 heteroatoms. The quantitative estimate of drug-likeness (QED) is 0.623. The smallest absolute Gasteiger partial charge is 0.389 e. The van der Waals surface area contributed by atoms with Crippen molar-refractivity contribution in [1.82, 2.24) is 4.90 Å². The van der Waals surface area contributed by atoms with Crippen molar-refractivity contribution in [1.29, 1.82) is 0 Å². The lowest BCUT2D eigenvalue weighted by Crippen LogP contribution is -2.48. The number of benzene rings is 2. The molecule has 1 fully saturated rings. The van der Waals surface area contributed by atoms with Gasteiger partial charge in [-0.1, -0.05) is 48.7 Å². The molecule has 0 radical (unpaired) electrons. The van der Waals surface area contributed by atoms with E-state index in [1.807, 2.05) is 38.4 Å². The normalized spacial score (nSPS) is 23.9. The Morgan fingerprint density at radius 2 is 1.69 bits per heavy atom. The molecular formula is C23H27ClF3NO. The first kappa shape index (κ1) is 22.1. The molecule has 0 aromatic heterocycles. The summed E-state index contributed by atoms with van der Waals surface area (Å²) in [6.45, 7) is 0. The highest BCUT2D eigenvalue weighted by atomic mass is 35.5. The molecule has 3 unspecified atom stereocenters. The first-order valence-electron chi connectivity index (χ1n) is 9.90. The Hall–Kier alpha value is -1.56. The first-order chi connectivity index (χ1) is 13.6. The molecule has 3 rings (SSSR count). The van der Waals surface area contributed by atoms with E-state index in [4.69, 9.17) is 11.6 Å². The molecule has 2 aromatic carbocycles. The lowest BCUT2D eigenvalue weighted by molar-refractivity contribution is -0.137. The summed E-state index contributed by atoms with van der Waals surface area (Å²) in [6.07, 6.45) is -0.577. The minimum Gasteiger partial charge on any atom is -0.389 e. The Morgan fingerprint density at radius 3 is 2.24 bits per heavy atom. The van der Waals surface area contributed by atoms with Crippen molar-refractivity contribution < 1.29 is 18.3 Å². The summed E-state index contributed by atoms with van der Waals surface area (Å²) in [4.78, 5) is 2.11. The molecule has 2 nitrogen and oxygen atoms in total. The van der Waals surface area contributed by atoms with E-state index in [1.165, 1.54) is 12.1 Å². The molecule has 3 atom stereocenters. The number of aliphatic hydroxyl groups is 1. The highest BCUT2D eigenvalue weighted by Gasteiger charge is 2.44. The van der Waals surface area contributed by atoms with Gasteiger partial charge >= 0.3 is 6.18 Å². The third-order valence-corrected chi connectivity index (χ3v) is 6.26. The van der Waals surface area contributed by atoms with E-state index in [-0.39, 0.29) is 12.0 Å². The monoisotopic (exact) mass is 425 g/mol. The number of hydrogen-bond acceptors (Lipinski definition) is 2. The lowest BCUT2D eigenvalue weighted by Gasteiger charge is -2.46. The average molecular weight is 426 g/mol. The Morgan fingerprint density at radius 1 is 1.07 bits per heavy atom. The summed E-state index contributed by atoms with van der Waals surface area (Å²) < 4.78 is 38.6. The number of hydrogen-bond donors (Lipinski definition) is 1. The van der Waals surface area contributed by atoms with E-state index in [2.05, 4.69) is 4.90 Å². The minimum atomic E-state index is -4.35. The zero-order chi connectivity index (χ0) is 21.2. The molecule has 0 aliphatic heterocycles. The molecule has 0 amide bonds. The second-order valence-corrected chi connectivity index (χ2v) is 8.72. The Balaban J connectivity index is 1.89. The Kier molecular flexibility index (Phi) is 6.61. The molecule has 1 saturated carbocycles. The molecule has 0 spiro atoms. The van der Waals surface area contributed by atoms with Crippen molar-refractivity contribution in [2.45, 2.75) is 49.9 Å². The van der Waals surface area contributed by atoms with Gasteiger partial charge in [0.15, 0.2) is 0 Å². The summed E-state index contributed by atoms with van der Waals surface area (Å²) in [5, 5.41) is 12.3. The fraction of sp³-hybridized carbons (Fsp3) is 0.478. The second-order valence-electron chi connectivity index (χ2n) is 8.29. The maximum Gasteiger partial charge on any atom is 0.416 e. The van der Waals surface area contributed by atoms with Gasteiger partial charge in [-0.15, -0.1) is 0 Å².